The van der Waals surface area contributed by atoms with Crippen LogP contribution in [0.15, 0.2) is 48.5 Å². The van der Waals surface area contributed by atoms with Gasteiger partial charge in [-0.15, -0.1) is 0 Å². The normalized spacial score (nSPS) is 17.2. The van der Waals surface area contributed by atoms with Crippen molar-refractivity contribution >= 4 is 22.6 Å². The largest absolute Gasteiger partial charge is 0.383 e. The van der Waals surface area contributed by atoms with Gasteiger partial charge in [0.15, 0.2) is 0 Å². The van der Waals surface area contributed by atoms with E-state index in [0.29, 0.717) is 24.7 Å². The number of nitrogens with zero attached hydrogens (tertiary/aromatic N) is 1. The zero-order valence-electron chi connectivity index (χ0n) is 17.7. The van der Waals surface area contributed by atoms with E-state index in [-0.39, 0.29) is 11.8 Å². The number of nitrogens with two attached hydrogens (primary N) is 1. The molecule has 1 aliphatic rings. The Labute approximate surface area is 177 Å². The minimum Gasteiger partial charge on any atom is -0.383 e. The Bertz CT molecular complexity index is 1060. The Morgan fingerprint density at radius 2 is 2.10 bits per heavy atom. The number of hydrogen-bond donors (Lipinski definition) is 2. The number of hydrogen-bond acceptors (Lipinski definition) is 4. The molecule has 0 bridgehead atoms. The molecule has 0 radical (unpaired) electrons. The van der Waals surface area contributed by atoms with E-state index in [2.05, 4.69) is 53.6 Å². The van der Waals surface area contributed by atoms with Crippen molar-refractivity contribution < 1.29 is 9.53 Å². The third kappa shape index (κ3) is 4.46. The van der Waals surface area contributed by atoms with Crippen molar-refractivity contribution in [3.05, 3.63) is 59.7 Å². The average molecular weight is 404 g/mol. The second-order valence-corrected chi connectivity index (χ2v) is 8.34. The van der Waals surface area contributed by atoms with Crippen LogP contribution in [0.25, 0.3) is 22.0 Å². The number of nitrogens with one attached hydrogen (secondary N) is 1. The molecule has 5 nitrogen and oxygen atoms in total. The fourth-order valence-corrected chi connectivity index (χ4v) is 4.05. The molecule has 2 heterocycles. The first kappa shape index (κ1) is 20.4. The Morgan fingerprint density at radius 3 is 2.87 bits per heavy atom. The smallest absolute Gasteiger partial charge is 0.223 e. The Hall–Kier alpha value is -2.92. The number of nitrogen functional groups attached to an aromatic ring is 1. The number of aryl methyl sites for hydroxylation is 1. The van der Waals surface area contributed by atoms with Gasteiger partial charge in [-0.1, -0.05) is 37.3 Å². The van der Waals surface area contributed by atoms with Crippen LogP contribution >= 0.6 is 0 Å². The SMILES string of the molecule is Cc1ccccc1-c1ccc2nc(N)c(CC(C)C(=O)NCC3CCOC3)cc2c1. The van der Waals surface area contributed by atoms with E-state index in [1.54, 1.807) is 0 Å². The van der Waals surface area contributed by atoms with Gasteiger partial charge in [0.2, 0.25) is 5.91 Å². The van der Waals surface area contributed by atoms with E-state index < -0.39 is 0 Å². The molecule has 5 heteroatoms. The van der Waals surface area contributed by atoms with Gasteiger partial charge in [-0.25, -0.2) is 4.98 Å². The van der Waals surface area contributed by atoms with Gasteiger partial charge in [-0.2, -0.15) is 0 Å². The van der Waals surface area contributed by atoms with Crippen LogP contribution in [0.5, 0.6) is 0 Å². The summed E-state index contributed by atoms with van der Waals surface area (Å²) < 4.78 is 5.37. The topological polar surface area (TPSA) is 77.2 Å². The highest BCUT2D eigenvalue weighted by atomic mass is 16.5. The fourth-order valence-electron chi connectivity index (χ4n) is 4.05. The van der Waals surface area contributed by atoms with Crippen LogP contribution in [0.4, 0.5) is 5.82 Å². The summed E-state index contributed by atoms with van der Waals surface area (Å²) in [5, 5.41) is 4.10. The second kappa shape index (κ2) is 8.84. The van der Waals surface area contributed by atoms with E-state index in [0.717, 1.165) is 41.7 Å². The minimum absolute atomic E-state index is 0.0510. The average Bonchev–Trinajstić information content (AvgIpc) is 3.26. The number of rotatable bonds is 6. The number of pyridine rings is 1. The molecule has 4 rings (SSSR count). The Morgan fingerprint density at radius 1 is 1.27 bits per heavy atom. The number of ether oxygens (including phenoxy) is 1. The molecule has 3 N–H and O–H groups in total. The number of carbonyl (C=O) groups is 1. The van der Waals surface area contributed by atoms with Gasteiger partial charge in [0.05, 0.1) is 12.1 Å². The summed E-state index contributed by atoms with van der Waals surface area (Å²) >= 11 is 0. The lowest BCUT2D eigenvalue weighted by Gasteiger charge is -2.16. The summed E-state index contributed by atoms with van der Waals surface area (Å²) in [6.45, 7) is 6.26. The summed E-state index contributed by atoms with van der Waals surface area (Å²) in [6.07, 6.45) is 1.58. The third-order valence-electron chi connectivity index (χ3n) is 5.95. The molecule has 2 unspecified atom stereocenters. The minimum atomic E-state index is -0.173. The van der Waals surface area contributed by atoms with E-state index >= 15 is 0 Å². The van der Waals surface area contributed by atoms with Crippen molar-refractivity contribution in [2.24, 2.45) is 11.8 Å². The first-order valence-corrected chi connectivity index (χ1v) is 10.6. The van der Waals surface area contributed by atoms with Crippen molar-refractivity contribution in [3.8, 4) is 11.1 Å². The molecule has 0 saturated carbocycles. The lowest BCUT2D eigenvalue weighted by molar-refractivity contribution is -0.124. The summed E-state index contributed by atoms with van der Waals surface area (Å²) in [6, 6.07) is 16.7. The maximum absolute atomic E-state index is 12.5. The molecular formula is C25H29N3O2. The van der Waals surface area contributed by atoms with Crippen molar-refractivity contribution in [3.63, 3.8) is 0 Å². The molecule has 0 spiro atoms. The van der Waals surface area contributed by atoms with E-state index in [9.17, 15) is 4.79 Å². The van der Waals surface area contributed by atoms with Crippen LogP contribution in [0.1, 0.15) is 24.5 Å². The standard InChI is InChI=1S/C25H29N3O2/c1-16-5-3-4-6-22(16)19-7-8-23-20(12-19)13-21(24(26)28-23)11-17(2)25(29)27-14-18-9-10-30-15-18/h3-8,12-13,17-18H,9-11,14-15H2,1-2H3,(H2,26,28)(H,27,29). The molecule has 2 atom stereocenters. The number of fused-ring (bicyclic) bond motifs is 1. The molecule has 1 amide bonds. The van der Waals surface area contributed by atoms with Crippen molar-refractivity contribution in [1.29, 1.82) is 0 Å². The van der Waals surface area contributed by atoms with Crippen molar-refractivity contribution in [2.75, 3.05) is 25.5 Å². The monoisotopic (exact) mass is 403 g/mol. The van der Waals surface area contributed by atoms with Gasteiger partial charge in [-0.3, -0.25) is 4.79 Å². The molecule has 1 aromatic heterocycles. The Balaban J connectivity index is 1.52. The van der Waals surface area contributed by atoms with Gasteiger partial charge in [0, 0.05) is 30.4 Å². The number of carbonyl (C=O) groups excluding carboxylic acids is 1. The number of anilines is 1. The summed E-state index contributed by atoms with van der Waals surface area (Å²) in [7, 11) is 0. The quantitative estimate of drug-likeness (QED) is 0.649. The van der Waals surface area contributed by atoms with Crippen LogP contribution in [0.3, 0.4) is 0 Å². The first-order chi connectivity index (χ1) is 14.5. The Kier molecular flexibility index (Phi) is 6.00. The van der Waals surface area contributed by atoms with E-state index in [1.165, 1.54) is 11.1 Å². The van der Waals surface area contributed by atoms with Crippen LogP contribution in [0.2, 0.25) is 0 Å². The van der Waals surface area contributed by atoms with Gasteiger partial charge in [-0.05, 0) is 60.2 Å². The van der Waals surface area contributed by atoms with Gasteiger partial charge >= 0.3 is 0 Å². The second-order valence-electron chi connectivity index (χ2n) is 8.34. The van der Waals surface area contributed by atoms with Crippen molar-refractivity contribution in [1.82, 2.24) is 10.3 Å². The molecule has 3 aromatic rings. The number of aromatic nitrogens is 1. The highest BCUT2D eigenvalue weighted by Crippen LogP contribution is 2.28. The predicted molar refractivity (Wildman–Crippen MR) is 121 cm³/mol. The van der Waals surface area contributed by atoms with Crippen LogP contribution in [-0.2, 0) is 16.0 Å². The molecule has 30 heavy (non-hydrogen) atoms. The van der Waals surface area contributed by atoms with Gasteiger partial charge in [0.1, 0.15) is 5.82 Å². The zero-order valence-corrected chi connectivity index (χ0v) is 17.7. The summed E-state index contributed by atoms with van der Waals surface area (Å²) in [5.74, 6) is 0.798. The fraction of sp³-hybridized carbons (Fsp3) is 0.360. The number of benzene rings is 2. The number of amides is 1. The van der Waals surface area contributed by atoms with E-state index in [1.807, 2.05) is 19.1 Å². The third-order valence-corrected chi connectivity index (χ3v) is 5.95. The highest BCUT2D eigenvalue weighted by Gasteiger charge is 2.20. The summed E-state index contributed by atoms with van der Waals surface area (Å²) in [5.41, 5.74) is 11.6. The molecule has 1 aliphatic heterocycles. The summed E-state index contributed by atoms with van der Waals surface area (Å²) in [4.78, 5) is 17.1. The molecule has 1 saturated heterocycles. The highest BCUT2D eigenvalue weighted by molar-refractivity contribution is 5.87. The van der Waals surface area contributed by atoms with Crippen LogP contribution < -0.4 is 11.1 Å². The molecule has 2 aromatic carbocycles. The lowest BCUT2D eigenvalue weighted by atomic mass is 9.96. The van der Waals surface area contributed by atoms with Gasteiger partial charge in [0.25, 0.3) is 0 Å². The predicted octanol–water partition coefficient (Wildman–Crippen LogP) is 4.12. The van der Waals surface area contributed by atoms with Crippen LogP contribution in [-0.4, -0.2) is 30.6 Å². The van der Waals surface area contributed by atoms with Gasteiger partial charge < -0.3 is 15.8 Å². The lowest BCUT2D eigenvalue weighted by Crippen LogP contribution is -2.34. The van der Waals surface area contributed by atoms with Crippen LogP contribution in [0, 0.1) is 18.8 Å². The molecular weight excluding hydrogens is 374 g/mol. The molecule has 1 fully saturated rings. The maximum atomic E-state index is 12.5. The zero-order chi connectivity index (χ0) is 21.1. The van der Waals surface area contributed by atoms with Crippen molar-refractivity contribution in [2.45, 2.75) is 26.7 Å². The molecule has 156 valence electrons. The first-order valence-electron chi connectivity index (χ1n) is 10.6. The van der Waals surface area contributed by atoms with E-state index in [4.69, 9.17) is 10.5 Å². The molecule has 0 aliphatic carbocycles. The maximum Gasteiger partial charge on any atom is 0.223 e.